The number of hydrogen-bond acceptors (Lipinski definition) is 5. The van der Waals surface area contributed by atoms with Gasteiger partial charge in [0, 0.05) is 19.0 Å². The van der Waals surface area contributed by atoms with Gasteiger partial charge in [0.2, 0.25) is 0 Å². The van der Waals surface area contributed by atoms with Crippen LogP contribution >= 0.6 is 0 Å². The van der Waals surface area contributed by atoms with Crippen molar-refractivity contribution >= 4 is 11.9 Å². The van der Waals surface area contributed by atoms with Gasteiger partial charge in [-0.3, -0.25) is 4.79 Å². The van der Waals surface area contributed by atoms with Gasteiger partial charge in [0.05, 0.1) is 12.2 Å². The van der Waals surface area contributed by atoms with Crippen LogP contribution in [0, 0.1) is 5.82 Å². The smallest absolute Gasteiger partial charge is 0.338 e. The molecule has 0 radical (unpaired) electrons. The highest BCUT2D eigenvalue weighted by atomic mass is 19.1. The largest absolute Gasteiger partial charge is 0.507 e. The third-order valence-electron chi connectivity index (χ3n) is 5.18. The van der Waals surface area contributed by atoms with Crippen LogP contribution in [0.3, 0.4) is 0 Å². The molecule has 0 unspecified atom stereocenters. The normalized spacial score (nSPS) is 17.2. The Bertz CT molecular complexity index is 1040. The van der Waals surface area contributed by atoms with Crippen LogP contribution in [0.1, 0.15) is 31.9 Å². The lowest BCUT2D eigenvalue weighted by molar-refractivity contribution is -0.138. The molecule has 3 rings (SSSR count). The molecule has 1 amide bonds. The van der Waals surface area contributed by atoms with Crippen molar-refractivity contribution in [2.75, 3.05) is 6.61 Å². The molecule has 6 nitrogen and oxygen atoms in total. The van der Waals surface area contributed by atoms with E-state index in [1.165, 1.54) is 30.3 Å². The Labute approximate surface area is 187 Å². The second kappa shape index (κ2) is 9.68. The maximum Gasteiger partial charge on any atom is 0.338 e. The summed E-state index contributed by atoms with van der Waals surface area (Å²) in [7, 11) is 0. The first-order valence-electron chi connectivity index (χ1n) is 10.4. The molecule has 0 aliphatic carbocycles. The number of ether oxygens (including phenoxy) is 1. The fourth-order valence-electron chi connectivity index (χ4n) is 3.50. The standard InChI is InChI=1S/C25H27FN2O4/c1-4-32-24(31)20(14-17-10-12-19(26)13-11-17)22(29)15-21-23(30)28(25(2,3)27-21)16-18-8-6-5-7-9-18/h5-13,15,27,29H,4,14,16H2,1-3H3/b21-15-,22-20-. The van der Waals surface area contributed by atoms with Crippen LogP contribution < -0.4 is 5.32 Å². The van der Waals surface area contributed by atoms with Crippen molar-refractivity contribution in [1.82, 2.24) is 10.2 Å². The Morgan fingerprint density at radius 3 is 2.41 bits per heavy atom. The number of carbonyl (C=O) groups is 2. The van der Waals surface area contributed by atoms with Gasteiger partial charge in [0.1, 0.15) is 22.9 Å². The Morgan fingerprint density at radius 2 is 1.78 bits per heavy atom. The molecule has 0 bridgehead atoms. The van der Waals surface area contributed by atoms with E-state index in [1.54, 1.807) is 11.8 Å². The SMILES string of the molecule is CCOC(=O)/C(Cc1ccc(F)cc1)=C(O)/C=C1\NC(C)(C)N(Cc2ccccc2)C1=O. The lowest BCUT2D eigenvalue weighted by Gasteiger charge is -2.30. The van der Waals surface area contributed by atoms with E-state index in [-0.39, 0.29) is 36.0 Å². The molecule has 2 aromatic carbocycles. The number of halogens is 1. The number of nitrogens with zero attached hydrogens (tertiary/aromatic N) is 1. The highest BCUT2D eigenvalue weighted by molar-refractivity contribution is 5.97. The number of amides is 1. The van der Waals surface area contributed by atoms with Gasteiger partial charge in [-0.05, 0) is 44.0 Å². The Morgan fingerprint density at radius 1 is 1.12 bits per heavy atom. The zero-order valence-corrected chi connectivity index (χ0v) is 18.4. The molecule has 0 atom stereocenters. The summed E-state index contributed by atoms with van der Waals surface area (Å²) >= 11 is 0. The fourth-order valence-corrected chi connectivity index (χ4v) is 3.50. The fraction of sp³-hybridized carbons (Fsp3) is 0.280. The predicted octanol–water partition coefficient (Wildman–Crippen LogP) is 4.00. The van der Waals surface area contributed by atoms with Crippen LogP contribution in [-0.2, 0) is 27.3 Å². The Balaban J connectivity index is 1.91. The zero-order chi connectivity index (χ0) is 23.3. The molecular formula is C25H27FN2O4. The van der Waals surface area contributed by atoms with Crippen molar-refractivity contribution in [1.29, 1.82) is 0 Å². The molecule has 1 heterocycles. The van der Waals surface area contributed by atoms with E-state index in [1.807, 2.05) is 44.2 Å². The molecule has 1 fully saturated rings. The Hall–Kier alpha value is -3.61. The number of carbonyl (C=O) groups excluding carboxylic acids is 2. The first-order valence-corrected chi connectivity index (χ1v) is 10.4. The van der Waals surface area contributed by atoms with E-state index in [0.29, 0.717) is 12.1 Å². The minimum atomic E-state index is -0.697. The predicted molar refractivity (Wildman–Crippen MR) is 119 cm³/mol. The summed E-state index contributed by atoms with van der Waals surface area (Å²) in [6.07, 6.45) is 1.28. The van der Waals surface area contributed by atoms with Gasteiger partial charge in [-0.15, -0.1) is 0 Å². The number of rotatable bonds is 7. The zero-order valence-electron chi connectivity index (χ0n) is 18.4. The number of nitrogens with one attached hydrogen (secondary N) is 1. The first-order chi connectivity index (χ1) is 15.2. The number of allylic oxidation sites excluding steroid dienone is 1. The number of benzene rings is 2. The van der Waals surface area contributed by atoms with E-state index in [4.69, 9.17) is 4.74 Å². The molecule has 1 aliphatic heterocycles. The van der Waals surface area contributed by atoms with Crippen LogP contribution in [0.5, 0.6) is 0 Å². The number of esters is 1. The second-order valence-corrected chi connectivity index (χ2v) is 8.01. The molecule has 7 heteroatoms. The maximum atomic E-state index is 13.2. The van der Waals surface area contributed by atoms with Crippen molar-refractivity contribution in [3.05, 3.63) is 94.6 Å². The van der Waals surface area contributed by atoms with Gasteiger partial charge >= 0.3 is 5.97 Å². The lowest BCUT2D eigenvalue weighted by atomic mass is 10.0. The van der Waals surface area contributed by atoms with Gasteiger partial charge < -0.3 is 20.1 Å². The summed E-state index contributed by atoms with van der Waals surface area (Å²) in [6, 6.07) is 15.2. The molecule has 32 heavy (non-hydrogen) atoms. The van der Waals surface area contributed by atoms with Crippen molar-refractivity contribution < 1.29 is 23.8 Å². The average Bonchev–Trinajstić information content (AvgIpc) is 2.96. The summed E-state index contributed by atoms with van der Waals surface area (Å²) in [6.45, 7) is 5.90. The molecule has 2 N–H and O–H groups in total. The number of aliphatic hydroxyl groups is 1. The molecule has 1 aliphatic rings. The third-order valence-corrected chi connectivity index (χ3v) is 5.18. The third kappa shape index (κ3) is 5.35. The minimum absolute atomic E-state index is 0.0140. The van der Waals surface area contributed by atoms with Crippen LogP contribution in [0.25, 0.3) is 0 Å². The van der Waals surface area contributed by atoms with Gasteiger partial charge in [-0.2, -0.15) is 0 Å². The summed E-state index contributed by atoms with van der Waals surface area (Å²) in [5, 5.41) is 13.9. The van der Waals surface area contributed by atoms with Crippen molar-refractivity contribution in [3.63, 3.8) is 0 Å². The maximum absolute atomic E-state index is 13.2. The molecule has 168 valence electrons. The number of hydrogen-bond donors (Lipinski definition) is 2. The summed E-state index contributed by atoms with van der Waals surface area (Å²) < 4.78 is 18.3. The van der Waals surface area contributed by atoms with Crippen molar-refractivity contribution in [2.45, 2.75) is 39.4 Å². The van der Waals surface area contributed by atoms with Crippen LogP contribution in [0.4, 0.5) is 4.39 Å². The van der Waals surface area contributed by atoms with Crippen LogP contribution in [-0.4, -0.2) is 34.2 Å². The number of aliphatic hydroxyl groups excluding tert-OH is 1. The topological polar surface area (TPSA) is 78.9 Å². The van der Waals surface area contributed by atoms with Crippen molar-refractivity contribution in [2.24, 2.45) is 0 Å². The molecular weight excluding hydrogens is 411 g/mol. The Kier molecular flexibility index (Phi) is 6.98. The summed E-state index contributed by atoms with van der Waals surface area (Å²) in [5.41, 5.74) is 1.06. The van der Waals surface area contributed by atoms with E-state index in [9.17, 15) is 19.1 Å². The van der Waals surface area contributed by atoms with Crippen LogP contribution in [0.2, 0.25) is 0 Å². The van der Waals surface area contributed by atoms with Gasteiger partial charge in [0.25, 0.3) is 5.91 Å². The monoisotopic (exact) mass is 438 g/mol. The van der Waals surface area contributed by atoms with E-state index < -0.39 is 17.4 Å². The van der Waals surface area contributed by atoms with E-state index in [0.717, 1.165) is 5.56 Å². The highest BCUT2D eigenvalue weighted by Gasteiger charge is 2.41. The molecule has 0 aromatic heterocycles. The summed E-state index contributed by atoms with van der Waals surface area (Å²) in [5.74, 6) is -1.77. The van der Waals surface area contributed by atoms with Gasteiger partial charge in [0.15, 0.2) is 0 Å². The van der Waals surface area contributed by atoms with Gasteiger partial charge in [-0.1, -0.05) is 42.5 Å². The second-order valence-electron chi connectivity index (χ2n) is 8.01. The van der Waals surface area contributed by atoms with Crippen molar-refractivity contribution in [3.8, 4) is 0 Å². The molecule has 0 spiro atoms. The van der Waals surface area contributed by atoms with E-state index in [2.05, 4.69) is 5.32 Å². The van der Waals surface area contributed by atoms with Gasteiger partial charge in [-0.25, -0.2) is 9.18 Å². The van der Waals surface area contributed by atoms with Crippen LogP contribution in [0.15, 0.2) is 77.7 Å². The van der Waals surface area contributed by atoms with E-state index >= 15 is 0 Å². The average molecular weight is 438 g/mol. The summed E-state index contributed by atoms with van der Waals surface area (Å²) in [4.78, 5) is 27.2. The quantitative estimate of drug-likeness (QED) is 0.388. The highest BCUT2D eigenvalue weighted by Crippen LogP contribution is 2.27. The molecule has 0 saturated carbocycles. The molecule has 2 aromatic rings. The lowest BCUT2D eigenvalue weighted by Crippen LogP contribution is -2.46. The molecule has 1 saturated heterocycles. The minimum Gasteiger partial charge on any atom is -0.507 e. The first kappa shape index (κ1) is 23.1.